The quantitative estimate of drug-likeness (QED) is 0.869. The second-order valence-electron chi connectivity index (χ2n) is 4.72. The maximum Gasteiger partial charge on any atom is 0.0449 e. The Labute approximate surface area is 111 Å². The number of hydrogen-bond acceptors (Lipinski definition) is 1. The first kappa shape index (κ1) is 12.4. The lowest BCUT2D eigenvalue weighted by molar-refractivity contribution is 0.318. The van der Waals surface area contributed by atoms with Crippen LogP contribution in [0.1, 0.15) is 25.3 Å². The molecule has 3 heteroatoms. The van der Waals surface area contributed by atoms with Gasteiger partial charge < -0.3 is 5.32 Å². The molecule has 88 valence electrons. The molecule has 0 bridgehead atoms. The van der Waals surface area contributed by atoms with E-state index in [4.69, 9.17) is 11.6 Å². The highest BCUT2D eigenvalue weighted by Crippen LogP contribution is 2.25. The highest BCUT2D eigenvalue weighted by Gasteiger charge is 2.19. The van der Waals surface area contributed by atoms with E-state index in [1.54, 1.807) is 0 Å². The van der Waals surface area contributed by atoms with Crippen molar-refractivity contribution in [2.75, 3.05) is 6.54 Å². The average molecular weight is 303 g/mol. The summed E-state index contributed by atoms with van der Waals surface area (Å²) < 4.78 is 1.05. The summed E-state index contributed by atoms with van der Waals surface area (Å²) in [5.74, 6) is 0.834. The molecule has 1 saturated heterocycles. The van der Waals surface area contributed by atoms with Crippen LogP contribution < -0.4 is 5.32 Å². The van der Waals surface area contributed by atoms with Crippen molar-refractivity contribution in [3.8, 4) is 0 Å². The third-order valence-electron chi connectivity index (χ3n) is 3.24. The van der Waals surface area contributed by atoms with Crippen molar-refractivity contribution >= 4 is 27.5 Å². The Morgan fingerprint density at radius 3 is 3.00 bits per heavy atom. The monoisotopic (exact) mass is 301 g/mol. The van der Waals surface area contributed by atoms with Crippen molar-refractivity contribution in [3.05, 3.63) is 33.3 Å². The normalized spacial score (nSPS) is 25.7. The summed E-state index contributed by atoms with van der Waals surface area (Å²) in [5.41, 5.74) is 1.25. The fraction of sp³-hybridized carbons (Fsp3) is 0.538. The summed E-state index contributed by atoms with van der Waals surface area (Å²) in [6, 6.07) is 6.74. The number of rotatable bonds is 2. The average Bonchev–Trinajstić information content (AvgIpc) is 2.22. The molecule has 1 heterocycles. The van der Waals surface area contributed by atoms with Gasteiger partial charge in [0.25, 0.3) is 0 Å². The fourth-order valence-corrected chi connectivity index (χ4v) is 3.08. The molecule has 16 heavy (non-hydrogen) atoms. The molecule has 1 aliphatic rings. The molecule has 2 rings (SSSR count). The Bertz CT molecular complexity index is 367. The molecule has 1 fully saturated rings. The first-order chi connectivity index (χ1) is 7.65. The van der Waals surface area contributed by atoms with E-state index in [1.807, 2.05) is 6.07 Å². The standard InChI is InChI=1S/C13H17BrClN/c1-9-4-5-16-12(6-9)7-10-2-3-11(14)8-13(10)15/h2-3,8-9,12,16H,4-7H2,1H3. The lowest BCUT2D eigenvalue weighted by Crippen LogP contribution is -2.38. The molecule has 0 saturated carbocycles. The fourth-order valence-electron chi connectivity index (χ4n) is 2.33. The van der Waals surface area contributed by atoms with Crippen LogP contribution in [-0.2, 0) is 6.42 Å². The van der Waals surface area contributed by atoms with Gasteiger partial charge in [0.2, 0.25) is 0 Å². The van der Waals surface area contributed by atoms with E-state index in [-0.39, 0.29) is 0 Å². The maximum atomic E-state index is 6.23. The molecule has 1 aromatic carbocycles. The van der Waals surface area contributed by atoms with Gasteiger partial charge in [-0.15, -0.1) is 0 Å². The van der Waals surface area contributed by atoms with Gasteiger partial charge in [0.1, 0.15) is 0 Å². The highest BCUT2D eigenvalue weighted by molar-refractivity contribution is 9.10. The summed E-state index contributed by atoms with van der Waals surface area (Å²) in [7, 11) is 0. The predicted molar refractivity (Wildman–Crippen MR) is 73.0 cm³/mol. The zero-order chi connectivity index (χ0) is 11.5. The second kappa shape index (κ2) is 5.52. The minimum atomic E-state index is 0.586. The van der Waals surface area contributed by atoms with Crippen molar-refractivity contribution in [2.24, 2.45) is 5.92 Å². The van der Waals surface area contributed by atoms with Gasteiger partial charge in [-0.05, 0) is 49.4 Å². The van der Waals surface area contributed by atoms with Crippen LogP contribution >= 0.6 is 27.5 Å². The number of benzene rings is 1. The lowest BCUT2D eigenvalue weighted by Gasteiger charge is -2.28. The van der Waals surface area contributed by atoms with Crippen LogP contribution in [0.5, 0.6) is 0 Å². The number of halogens is 2. The van der Waals surface area contributed by atoms with E-state index >= 15 is 0 Å². The van der Waals surface area contributed by atoms with Crippen molar-refractivity contribution < 1.29 is 0 Å². The van der Waals surface area contributed by atoms with Crippen molar-refractivity contribution in [2.45, 2.75) is 32.2 Å². The van der Waals surface area contributed by atoms with Crippen LogP contribution in [-0.4, -0.2) is 12.6 Å². The topological polar surface area (TPSA) is 12.0 Å². The SMILES string of the molecule is CC1CCNC(Cc2ccc(Br)cc2Cl)C1. The summed E-state index contributed by atoms with van der Waals surface area (Å²) in [5, 5.41) is 4.44. The maximum absolute atomic E-state index is 6.23. The Balaban J connectivity index is 2.02. The molecule has 0 aliphatic carbocycles. The minimum Gasteiger partial charge on any atom is -0.314 e. The number of nitrogens with one attached hydrogen (secondary N) is 1. The largest absolute Gasteiger partial charge is 0.314 e. The zero-order valence-corrected chi connectivity index (χ0v) is 11.8. The minimum absolute atomic E-state index is 0.586. The molecule has 2 atom stereocenters. The number of piperidine rings is 1. The summed E-state index contributed by atoms with van der Waals surface area (Å²) in [4.78, 5) is 0. The predicted octanol–water partition coefficient (Wildman–Crippen LogP) is 4.03. The van der Waals surface area contributed by atoms with E-state index in [1.165, 1.54) is 18.4 Å². The Hall–Kier alpha value is -0.0500. The second-order valence-corrected chi connectivity index (χ2v) is 6.04. The molecule has 0 radical (unpaired) electrons. The third-order valence-corrected chi connectivity index (χ3v) is 4.08. The van der Waals surface area contributed by atoms with Crippen LogP contribution in [0.15, 0.2) is 22.7 Å². The van der Waals surface area contributed by atoms with Crippen LogP contribution in [0.3, 0.4) is 0 Å². The van der Waals surface area contributed by atoms with Crippen LogP contribution in [0.4, 0.5) is 0 Å². The third kappa shape index (κ3) is 3.22. The molecule has 1 aromatic rings. The van der Waals surface area contributed by atoms with Gasteiger partial charge in [-0.3, -0.25) is 0 Å². The van der Waals surface area contributed by atoms with Gasteiger partial charge in [0.05, 0.1) is 0 Å². The zero-order valence-electron chi connectivity index (χ0n) is 9.47. The van der Waals surface area contributed by atoms with Crippen molar-refractivity contribution in [1.29, 1.82) is 0 Å². The van der Waals surface area contributed by atoms with Crippen LogP contribution in [0.2, 0.25) is 5.02 Å². The number of hydrogen-bond donors (Lipinski definition) is 1. The van der Waals surface area contributed by atoms with Crippen LogP contribution in [0, 0.1) is 5.92 Å². The lowest BCUT2D eigenvalue weighted by atomic mass is 9.90. The molecule has 0 spiro atoms. The molecule has 0 amide bonds. The Kier molecular flexibility index (Phi) is 4.28. The molecular weight excluding hydrogens is 286 g/mol. The van der Waals surface area contributed by atoms with Gasteiger partial charge in [-0.1, -0.05) is 40.5 Å². The molecule has 0 aromatic heterocycles. The molecular formula is C13H17BrClN. The molecule has 1 aliphatic heterocycles. The smallest absolute Gasteiger partial charge is 0.0449 e. The first-order valence-electron chi connectivity index (χ1n) is 5.82. The van der Waals surface area contributed by atoms with Crippen molar-refractivity contribution in [3.63, 3.8) is 0 Å². The molecule has 1 N–H and O–H groups in total. The van der Waals surface area contributed by atoms with Crippen molar-refractivity contribution in [1.82, 2.24) is 5.32 Å². The Morgan fingerprint density at radius 2 is 2.31 bits per heavy atom. The van der Waals surface area contributed by atoms with Crippen LogP contribution in [0.25, 0.3) is 0 Å². The summed E-state index contributed by atoms with van der Waals surface area (Å²) in [6.07, 6.45) is 3.59. The van der Waals surface area contributed by atoms with E-state index in [9.17, 15) is 0 Å². The van der Waals surface area contributed by atoms with Gasteiger partial charge in [-0.25, -0.2) is 0 Å². The highest BCUT2D eigenvalue weighted by atomic mass is 79.9. The Morgan fingerprint density at radius 1 is 1.50 bits per heavy atom. The van der Waals surface area contributed by atoms with Gasteiger partial charge in [0.15, 0.2) is 0 Å². The van der Waals surface area contributed by atoms with E-state index < -0.39 is 0 Å². The van der Waals surface area contributed by atoms with E-state index in [0.717, 1.165) is 28.4 Å². The van der Waals surface area contributed by atoms with Gasteiger partial charge in [-0.2, -0.15) is 0 Å². The van der Waals surface area contributed by atoms with E-state index in [2.05, 4.69) is 40.3 Å². The molecule has 2 unspecified atom stereocenters. The van der Waals surface area contributed by atoms with E-state index in [0.29, 0.717) is 6.04 Å². The van der Waals surface area contributed by atoms with Gasteiger partial charge in [0, 0.05) is 15.5 Å². The molecule has 1 nitrogen and oxygen atoms in total. The van der Waals surface area contributed by atoms with Gasteiger partial charge >= 0.3 is 0 Å². The first-order valence-corrected chi connectivity index (χ1v) is 6.99. The summed E-state index contributed by atoms with van der Waals surface area (Å²) in [6.45, 7) is 3.47. The summed E-state index contributed by atoms with van der Waals surface area (Å²) >= 11 is 9.66.